The first kappa shape index (κ1) is 20.1. The summed E-state index contributed by atoms with van der Waals surface area (Å²) in [6, 6.07) is 8.59. The van der Waals surface area contributed by atoms with Gasteiger partial charge in [0.25, 0.3) is 5.56 Å². The Balaban J connectivity index is 1.63. The van der Waals surface area contributed by atoms with Gasteiger partial charge in [0, 0.05) is 12.3 Å². The van der Waals surface area contributed by atoms with E-state index in [9.17, 15) is 27.2 Å². The average Bonchev–Trinajstić information content (AvgIpc) is 3.52. The summed E-state index contributed by atoms with van der Waals surface area (Å²) >= 11 is 0. The second kappa shape index (κ2) is 7.55. The van der Waals surface area contributed by atoms with Gasteiger partial charge in [-0.15, -0.1) is 0 Å². The van der Waals surface area contributed by atoms with Gasteiger partial charge in [0.2, 0.25) is 5.91 Å². The lowest BCUT2D eigenvalue weighted by Crippen LogP contribution is -2.36. The van der Waals surface area contributed by atoms with Crippen LogP contribution in [-0.2, 0) is 17.4 Å². The van der Waals surface area contributed by atoms with Crippen LogP contribution in [0.15, 0.2) is 47.3 Å². The first-order valence-electron chi connectivity index (χ1n) is 9.40. The van der Waals surface area contributed by atoms with E-state index >= 15 is 0 Å². The number of carbonyl (C=O) groups excluding carboxylic acids is 1. The van der Waals surface area contributed by atoms with Gasteiger partial charge in [0.15, 0.2) is 0 Å². The molecule has 0 unspecified atom stereocenters. The van der Waals surface area contributed by atoms with Crippen molar-refractivity contribution in [3.8, 4) is 0 Å². The Hall–Kier alpha value is -3.23. The Morgan fingerprint density at radius 2 is 1.93 bits per heavy atom. The predicted octanol–water partition coefficient (Wildman–Crippen LogP) is 4.13. The second-order valence-electron chi connectivity index (χ2n) is 7.28. The lowest BCUT2D eigenvalue weighted by molar-refractivity contribution is -0.137. The molecule has 1 saturated carbocycles. The van der Waals surface area contributed by atoms with E-state index in [4.69, 9.17) is 0 Å². The summed E-state index contributed by atoms with van der Waals surface area (Å²) in [4.78, 5) is 29.5. The SMILES string of the molecule is O=C(CCc1cccc(F)c1)Nn1c(C2CC2)nc2cc(C(F)(F)F)ccc2c1=O. The van der Waals surface area contributed by atoms with Crippen molar-refractivity contribution in [1.82, 2.24) is 9.66 Å². The molecule has 0 atom stereocenters. The van der Waals surface area contributed by atoms with Gasteiger partial charge in [0.1, 0.15) is 11.6 Å². The van der Waals surface area contributed by atoms with Gasteiger partial charge in [-0.25, -0.2) is 14.1 Å². The van der Waals surface area contributed by atoms with Crippen LogP contribution in [0.3, 0.4) is 0 Å². The highest BCUT2D eigenvalue weighted by atomic mass is 19.4. The van der Waals surface area contributed by atoms with Crippen LogP contribution >= 0.6 is 0 Å². The van der Waals surface area contributed by atoms with Crippen molar-refractivity contribution >= 4 is 16.8 Å². The van der Waals surface area contributed by atoms with Crippen molar-refractivity contribution in [2.24, 2.45) is 0 Å². The molecule has 156 valence electrons. The predicted molar refractivity (Wildman–Crippen MR) is 102 cm³/mol. The lowest BCUT2D eigenvalue weighted by atomic mass is 10.1. The van der Waals surface area contributed by atoms with Gasteiger partial charge in [0.05, 0.1) is 16.5 Å². The van der Waals surface area contributed by atoms with E-state index < -0.39 is 29.0 Å². The monoisotopic (exact) mass is 419 g/mol. The Labute approximate surface area is 168 Å². The molecule has 0 bridgehead atoms. The summed E-state index contributed by atoms with van der Waals surface area (Å²) in [5.74, 6) is -0.737. The fraction of sp³-hybridized carbons (Fsp3) is 0.286. The molecule has 1 aliphatic carbocycles. The third kappa shape index (κ3) is 4.19. The van der Waals surface area contributed by atoms with Gasteiger partial charge in [-0.1, -0.05) is 12.1 Å². The molecule has 1 fully saturated rings. The minimum absolute atomic E-state index is 0.00501. The molecule has 1 aliphatic rings. The van der Waals surface area contributed by atoms with E-state index in [1.165, 1.54) is 12.1 Å². The fourth-order valence-corrected chi connectivity index (χ4v) is 3.23. The number of halogens is 4. The van der Waals surface area contributed by atoms with E-state index in [2.05, 4.69) is 10.4 Å². The van der Waals surface area contributed by atoms with Crippen molar-refractivity contribution in [1.29, 1.82) is 0 Å². The van der Waals surface area contributed by atoms with Gasteiger partial charge >= 0.3 is 6.18 Å². The van der Waals surface area contributed by atoms with Crippen LogP contribution in [0, 0.1) is 5.82 Å². The highest BCUT2D eigenvalue weighted by Gasteiger charge is 2.33. The van der Waals surface area contributed by atoms with E-state index in [-0.39, 0.29) is 35.5 Å². The molecule has 0 spiro atoms. The summed E-state index contributed by atoms with van der Waals surface area (Å²) in [5.41, 5.74) is 1.57. The number of carbonyl (C=O) groups is 1. The topological polar surface area (TPSA) is 64.0 Å². The standard InChI is InChI=1S/C21H17F4N3O2/c22-15-3-1-2-12(10-15)4-9-18(29)27-28-19(13-5-6-13)26-17-11-14(21(23,24)25)7-8-16(17)20(28)30/h1-3,7-8,10-11,13H,4-6,9H2,(H,27,29). The van der Waals surface area contributed by atoms with Gasteiger partial charge in [-0.05, 0) is 55.2 Å². The number of alkyl halides is 3. The van der Waals surface area contributed by atoms with E-state index in [1.807, 2.05) is 0 Å². The molecule has 4 rings (SSSR count). The quantitative estimate of drug-likeness (QED) is 0.633. The maximum atomic E-state index is 13.3. The number of aromatic nitrogens is 2. The Morgan fingerprint density at radius 3 is 2.60 bits per heavy atom. The number of fused-ring (bicyclic) bond motifs is 1. The molecule has 0 radical (unpaired) electrons. The summed E-state index contributed by atoms with van der Waals surface area (Å²) < 4.78 is 53.3. The van der Waals surface area contributed by atoms with Crippen molar-refractivity contribution in [3.63, 3.8) is 0 Å². The highest BCUT2D eigenvalue weighted by molar-refractivity contribution is 5.85. The number of aryl methyl sites for hydroxylation is 1. The molecule has 30 heavy (non-hydrogen) atoms. The number of rotatable bonds is 5. The van der Waals surface area contributed by atoms with Crippen LogP contribution in [0.1, 0.15) is 42.1 Å². The number of nitrogens with one attached hydrogen (secondary N) is 1. The zero-order valence-electron chi connectivity index (χ0n) is 15.7. The summed E-state index contributed by atoms with van der Waals surface area (Å²) in [7, 11) is 0. The molecular formula is C21H17F4N3O2. The summed E-state index contributed by atoms with van der Waals surface area (Å²) in [6.45, 7) is 0. The zero-order chi connectivity index (χ0) is 21.5. The molecule has 0 aliphatic heterocycles. The van der Waals surface area contributed by atoms with E-state index in [0.717, 1.165) is 35.7 Å². The van der Waals surface area contributed by atoms with Gasteiger partial charge < -0.3 is 0 Å². The van der Waals surface area contributed by atoms with Gasteiger partial charge in [-0.2, -0.15) is 13.2 Å². The maximum Gasteiger partial charge on any atom is 0.416 e. The fourth-order valence-electron chi connectivity index (χ4n) is 3.23. The van der Waals surface area contributed by atoms with E-state index in [0.29, 0.717) is 5.56 Å². The molecule has 5 nitrogen and oxygen atoms in total. The van der Waals surface area contributed by atoms with Crippen LogP contribution in [-0.4, -0.2) is 15.6 Å². The van der Waals surface area contributed by atoms with Crippen LogP contribution < -0.4 is 11.0 Å². The average molecular weight is 419 g/mol. The number of hydrogen-bond donors (Lipinski definition) is 1. The smallest absolute Gasteiger partial charge is 0.273 e. The minimum atomic E-state index is -4.55. The van der Waals surface area contributed by atoms with Crippen LogP contribution in [0.5, 0.6) is 0 Å². The van der Waals surface area contributed by atoms with Crippen molar-refractivity contribution in [3.05, 3.63) is 75.6 Å². The van der Waals surface area contributed by atoms with Gasteiger partial charge in [-0.3, -0.25) is 15.0 Å². The molecule has 9 heteroatoms. The van der Waals surface area contributed by atoms with Crippen molar-refractivity contribution in [2.75, 3.05) is 5.43 Å². The van der Waals surface area contributed by atoms with Crippen molar-refractivity contribution in [2.45, 2.75) is 37.8 Å². The second-order valence-corrected chi connectivity index (χ2v) is 7.28. The molecular weight excluding hydrogens is 402 g/mol. The van der Waals surface area contributed by atoms with Crippen LogP contribution in [0.2, 0.25) is 0 Å². The third-order valence-corrected chi connectivity index (χ3v) is 4.93. The van der Waals surface area contributed by atoms with Crippen molar-refractivity contribution < 1.29 is 22.4 Å². The Kier molecular flexibility index (Phi) is 5.05. The summed E-state index contributed by atoms with van der Waals surface area (Å²) in [6.07, 6.45) is -2.81. The maximum absolute atomic E-state index is 13.3. The van der Waals surface area contributed by atoms with Crippen LogP contribution in [0.25, 0.3) is 10.9 Å². The largest absolute Gasteiger partial charge is 0.416 e. The minimum Gasteiger partial charge on any atom is -0.273 e. The third-order valence-electron chi connectivity index (χ3n) is 4.93. The summed E-state index contributed by atoms with van der Waals surface area (Å²) in [5, 5.41) is -0.0159. The number of benzene rings is 2. The Bertz CT molecular complexity index is 1180. The van der Waals surface area contributed by atoms with Crippen LogP contribution in [0.4, 0.5) is 17.6 Å². The number of nitrogens with zero attached hydrogens (tertiary/aromatic N) is 2. The first-order valence-corrected chi connectivity index (χ1v) is 9.40. The normalized spacial score (nSPS) is 14.1. The molecule has 0 saturated heterocycles. The zero-order valence-corrected chi connectivity index (χ0v) is 15.7. The molecule has 1 heterocycles. The lowest BCUT2D eigenvalue weighted by Gasteiger charge is -2.15. The molecule has 1 aromatic heterocycles. The first-order chi connectivity index (χ1) is 14.2. The Morgan fingerprint density at radius 1 is 1.17 bits per heavy atom. The molecule has 2 aromatic carbocycles. The molecule has 3 aromatic rings. The highest BCUT2D eigenvalue weighted by Crippen LogP contribution is 2.39. The number of amides is 1. The molecule has 1 amide bonds. The number of hydrogen-bond acceptors (Lipinski definition) is 3. The van der Waals surface area contributed by atoms with E-state index in [1.54, 1.807) is 12.1 Å². The molecule has 1 N–H and O–H groups in total.